The van der Waals surface area contributed by atoms with Crippen LogP contribution in [0.5, 0.6) is 0 Å². The summed E-state index contributed by atoms with van der Waals surface area (Å²) in [6.07, 6.45) is -0.831. The number of esters is 2. The fourth-order valence-electron chi connectivity index (χ4n) is 6.32. The summed E-state index contributed by atoms with van der Waals surface area (Å²) in [6, 6.07) is 38.9. The van der Waals surface area contributed by atoms with Gasteiger partial charge < -0.3 is 29.1 Å². The van der Waals surface area contributed by atoms with Crippen LogP contribution in [0.25, 0.3) is 22.6 Å². The van der Waals surface area contributed by atoms with E-state index < -0.39 is 24.1 Å². The van der Waals surface area contributed by atoms with Crippen molar-refractivity contribution in [3.05, 3.63) is 161 Å². The molecular weight excluding hydrogens is 693 g/mol. The van der Waals surface area contributed by atoms with E-state index in [4.69, 9.17) is 18.9 Å². The number of aromatic nitrogens is 1. The number of cyclic esters (lactones) is 2. The Kier molecular flexibility index (Phi) is 9.70. The molecule has 3 atom stereocenters. The van der Waals surface area contributed by atoms with E-state index in [1.807, 2.05) is 91.0 Å². The third-order valence-electron chi connectivity index (χ3n) is 9.02. The molecule has 5 aromatic carbocycles. The first kappa shape index (κ1) is 34.2. The number of fused-ring (bicyclic) bond motifs is 1. The minimum atomic E-state index is -0.780. The molecule has 8 rings (SSSR count). The maximum Gasteiger partial charge on any atom is 0.346 e. The van der Waals surface area contributed by atoms with Crippen LogP contribution in [0.4, 0.5) is 5.69 Å². The van der Waals surface area contributed by atoms with E-state index >= 15 is 0 Å². The predicted octanol–water partition coefficient (Wildman–Crippen LogP) is 8.40. The van der Waals surface area contributed by atoms with Crippen LogP contribution in [0, 0.1) is 0 Å². The molecule has 0 bridgehead atoms. The normalized spacial score (nSPS) is 18.0. The predicted molar refractivity (Wildman–Crippen MR) is 197 cm³/mol. The van der Waals surface area contributed by atoms with E-state index in [0.29, 0.717) is 34.4 Å². The highest BCUT2D eigenvalue weighted by Crippen LogP contribution is 2.41. The minimum Gasteiger partial charge on any atom is -0.431 e. The number of amides is 1. The van der Waals surface area contributed by atoms with Gasteiger partial charge in [-0.2, -0.15) is 0 Å². The Labute approximate surface area is 308 Å². The van der Waals surface area contributed by atoms with Crippen LogP contribution in [0.3, 0.4) is 0 Å². The van der Waals surface area contributed by atoms with Crippen molar-refractivity contribution in [2.45, 2.75) is 36.7 Å². The zero-order valence-corrected chi connectivity index (χ0v) is 29.0. The minimum absolute atomic E-state index is 0.0553. The summed E-state index contributed by atoms with van der Waals surface area (Å²) in [6.45, 7) is -0.0604. The van der Waals surface area contributed by atoms with Crippen molar-refractivity contribution in [2.24, 2.45) is 0 Å². The zero-order chi connectivity index (χ0) is 36.3. The van der Waals surface area contributed by atoms with Crippen molar-refractivity contribution in [1.82, 2.24) is 4.98 Å². The van der Waals surface area contributed by atoms with Crippen LogP contribution >= 0.6 is 11.8 Å². The van der Waals surface area contributed by atoms with Crippen molar-refractivity contribution in [1.29, 1.82) is 0 Å². The number of carbonyl (C=O) groups excluding carboxylic acids is 3. The number of benzene rings is 5. The first-order valence-corrected chi connectivity index (χ1v) is 18.0. The zero-order valence-electron chi connectivity index (χ0n) is 28.1. The van der Waals surface area contributed by atoms with Gasteiger partial charge in [0.05, 0.1) is 29.9 Å². The molecule has 10 nitrogen and oxygen atoms in total. The lowest BCUT2D eigenvalue weighted by Crippen LogP contribution is -2.31. The fourth-order valence-corrected chi connectivity index (χ4v) is 7.16. The molecule has 0 saturated carbocycles. The number of carbonyl (C=O) groups is 3. The summed E-state index contributed by atoms with van der Waals surface area (Å²) in [4.78, 5) is 42.0. The van der Waals surface area contributed by atoms with E-state index in [2.05, 4.69) is 10.1 Å². The number of oxazole rings is 1. The molecule has 2 aliphatic heterocycles. The number of hydrogen-bond acceptors (Lipinski definition) is 10. The Balaban J connectivity index is 1.03. The van der Waals surface area contributed by atoms with E-state index in [0.717, 1.165) is 27.9 Å². The average molecular weight is 725 g/mol. The third-order valence-corrected chi connectivity index (χ3v) is 9.98. The average Bonchev–Trinajstić information content (AvgIpc) is 3.77. The molecule has 11 heteroatoms. The van der Waals surface area contributed by atoms with Gasteiger partial charge in [-0.25, -0.2) is 14.6 Å². The van der Waals surface area contributed by atoms with Gasteiger partial charge in [0.2, 0.25) is 0 Å². The highest BCUT2D eigenvalue weighted by Gasteiger charge is 2.34. The fraction of sp³-hybridized carbons (Fsp3) is 0.143. The Bertz CT molecular complexity index is 2240. The Morgan fingerprint density at radius 3 is 2.26 bits per heavy atom. The summed E-state index contributed by atoms with van der Waals surface area (Å²) >= 11 is 1.47. The molecule has 3 unspecified atom stereocenters. The molecule has 0 spiro atoms. The maximum absolute atomic E-state index is 13.2. The monoisotopic (exact) mass is 724 g/mol. The summed E-state index contributed by atoms with van der Waals surface area (Å²) in [7, 11) is 0. The van der Waals surface area contributed by atoms with Crippen molar-refractivity contribution >= 4 is 35.3 Å². The molecule has 0 radical (unpaired) electrons. The molecule has 1 amide bonds. The van der Waals surface area contributed by atoms with E-state index in [1.165, 1.54) is 30.0 Å². The highest BCUT2D eigenvalue weighted by molar-refractivity contribution is 7.99. The van der Waals surface area contributed by atoms with Gasteiger partial charge in [-0.1, -0.05) is 109 Å². The highest BCUT2D eigenvalue weighted by atomic mass is 32.2. The molecule has 0 aliphatic carbocycles. The smallest absolute Gasteiger partial charge is 0.346 e. The van der Waals surface area contributed by atoms with Crippen LogP contribution in [-0.2, 0) is 20.8 Å². The molecule has 1 fully saturated rings. The Morgan fingerprint density at radius 2 is 1.51 bits per heavy atom. The number of nitrogens with zero attached hydrogens (tertiary/aromatic N) is 1. The largest absolute Gasteiger partial charge is 0.431 e. The van der Waals surface area contributed by atoms with Crippen molar-refractivity contribution in [3.63, 3.8) is 0 Å². The molecule has 2 aliphatic rings. The van der Waals surface area contributed by atoms with E-state index in [9.17, 15) is 19.5 Å². The van der Waals surface area contributed by atoms with Crippen LogP contribution in [0.1, 0.15) is 66.6 Å². The van der Waals surface area contributed by atoms with Crippen LogP contribution in [0.15, 0.2) is 137 Å². The summed E-state index contributed by atoms with van der Waals surface area (Å²) in [5.74, 6) is -0.759. The molecule has 6 aromatic rings. The number of thioether (sulfide) groups is 1. The molecule has 1 saturated heterocycles. The van der Waals surface area contributed by atoms with E-state index in [-0.39, 0.29) is 35.5 Å². The standard InChI is InChI=1S/C42H32N2O8S/c45-23-25-14-16-26(17-15-25)35-22-32(24-53-42-44-36(27-8-3-1-4-9-27)37(51-42)28-10-5-2-6-11-28)49-41(50-35)30-12-7-13-31(20-30)43-38(46)29-18-19-33-34(21-29)40(48)52-39(33)47/h1-21,32,35,41,45H,22-24H2,(H,43,46). The van der Waals surface area contributed by atoms with Gasteiger partial charge in [-0.05, 0) is 41.5 Å². The van der Waals surface area contributed by atoms with Crippen molar-refractivity contribution < 1.29 is 38.1 Å². The lowest BCUT2D eigenvalue weighted by atomic mass is 10.0. The second-order valence-electron chi connectivity index (χ2n) is 12.6. The SMILES string of the molecule is O=C(Nc1cccc(C2OC(CSc3nc(-c4ccccc4)c(-c4ccccc4)o3)CC(c3ccc(CO)cc3)O2)c1)c1ccc2c(c1)C(=O)OC2=O. The summed E-state index contributed by atoms with van der Waals surface area (Å²) < 4.78 is 24.1. The Hall–Kier alpha value is -5.85. The van der Waals surface area contributed by atoms with Crippen molar-refractivity contribution in [2.75, 3.05) is 11.1 Å². The van der Waals surface area contributed by atoms with Crippen LogP contribution in [0.2, 0.25) is 0 Å². The van der Waals surface area contributed by atoms with Gasteiger partial charge in [-0.15, -0.1) is 0 Å². The van der Waals surface area contributed by atoms with Gasteiger partial charge in [-0.3, -0.25) is 4.79 Å². The number of nitrogens with one attached hydrogen (secondary N) is 1. The first-order valence-electron chi connectivity index (χ1n) is 17.0. The quantitative estimate of drug-likeness (QED) is 0.0805. The number of ether oxygens (including phenoxy) is 3. The lowest BCUT2D eigenvalue weighted by Gasteiger charge is -2.36. The number of anilines is 1. The maximum atomic E-state index is 13.2. The first-order chi connectivity index (χ1) is 25.9. The van der Waals surface area contributed by atoms with Gasteiger partial charge in [0.25, 0.3) is 11.1 Å². The molecular formula is C42H32N2O8S. The molecule has 1 aromatic heterocycles. The molecule has 3 heterocycles. The van der Waals surface area contributed by atoms with E-state index in [1.54, 1.807) is 18.2 Å². The topological polar surface area (TPSA) is 137 Å². The van der Waals surface area contributed by atoms with Crippen molar-refractivity contribution in [3.8, 4) is 22.6 Å². The number of aliphatic hydroxyl groups excluding tert-OH is 1. The third kappa shape index (κ3) is 7.41. The number of hydrogen-bond donors (Lipinski definition) is 2. The summed E-state index contributed by atoms with van der Waals surface area (Å²) in [5.41, 5.74) is 5.95. The molecule has 2 N–H and O–H groups in total. The number of aliphatic hydroxyl groups is 1. The lowest BCUT2D eigenvalue weighted by molar-refractivity contribution is -0.245. The van der Waals surface area contributed by atoms with Gasteiger partial charge in [0, 0.05) is 40.1 Å². The second kappa shape index (κ2) is 15.0. The number of rotatable bonds is 10. The van der Waals surface area contributed by atoms with Gasteiger partial charge >= 0.3 is 11.9 Å². The summed E-state index contributed by atoms with van der Waals surface area (Å²) in [5, 5.41) is 13.0. The van der Waals surface area contributed by atoms with Gasteiger partial charge in [0.1, 0.15) is 5.69 Å². The second-order valence-corrected chi connectivity index (χ2v) is 13.5. The Morgan fingerprint density at radius 1 is 0.774 bits per heavy atom. The molecule has 264 valence electrons. The van der Waals surface area contributed by atoms with Gasteiger partial charge in [0.15, 0.2) is 12.1 Å². The van der Waals surface area contributed by atoms with Crippen LogP contribution < -0.4 is 5.32 Å². The molecule has 53 heavy (non-hydrogen) atoms. The van der Waals surface area contributed by atoms with Crippen LogP contribution in [-0.4, -0.2) is 39.8 Å².